The summed E-state index contributed by atoms with van der Waals surface area (Å²) in [6.07, 6.45) is 2.97. The highest BCUT2D eigenvalue weighted by Crippen LogP contribution is 2.32. The Labute approximate surface area is 140 Å². The first kappa shape index (κ1) is 14.8. The zero-order chi connectivity index (χ0) is 16.7. The Hall–Kier alpha value is -2.74. The van der Waals surface area contributed by atoms with E-state index in [1.165, 1.54) is 24.2 Å². The molecule has 8 heteroatoms. The van der Waals surface area contributed by atoms with E-state index in [2.05, 4.69) is 20.2 Å². The lowest BCUT2D eigenvalue weighted by atomic mass is 10.2. The molecule has 0 bridgehead atoms. The third-order valence-electron chi connectivity index (χ3n) is 3.70. The minimum Gasteiger partial charge on any atom is -0.469 e. The minimum absolute atomic E-state index is 0.295. The second-order valence-electron chi connectivity index (χ2n) is 5.17. The summed E-state index contributed by atoms with van der Waals surface area (Å²) in [5, 5.41) is 10.4. The fourth-order valence-corrected chi connectivity index (χ4v) is 3.30. The molecule has 0 atom stereocenters. The van der Waals surface area contributed by atoms with Gasteiger partial charge in [-0.1, -0.05) is 6.07 Å². The van der Waals surface area contributed by atoms with Gasteiger partial charge < -0.3 is 8.98 Å². The zero-order valence-corrected chi connectivity index (χ0v) is 13.7. The summed E-state index contributed by atoms with van der Waals surface area (Å²) >= 11 is 1.32. The molecule has 0 aliphatic rings. The molecule has 0 saturated carbocycles. The van der Waals surface area contributed by atoms with E-state index in [0.717, 1.165) is 11.3 Å². The average molecular weight is 341 g/mol. The fourth-order valence-electron chi connectivity index (χ4n) is 2.45. The van der Waals surface area contributed by atoms with E-state index in [1.807, 2.05) is 24.6 Å². The van der Waals surface area contributed by atoms with Gasteiger partial charge in [0, 0.05) is 12.4 Å². The Balaban J connectivity index is 1.76. The van der Waals surface area contributed by atoms with Crippen LogP contribution < -0.4 is 0 Å². The van der Waals surface area contributed by atoms with E-state index in [0.29, 0.717) is 26.9 Å². The first-order chi connectivity index (χ1) is 11.6. The van der Waals surface area contributed by atoms with Crippen LogP contribution in [0.1, 0.15) is 5.76 Å². The number of fused-ring (bicyclic) bond motifs is 1. The van der Waals surface area contributed by atoms with Crippen molar-refractivity contribution in [2.45, 2.75) is 17.1 Å². The maximum atomic E-state index is 13.9. The van der Waals surface area contributed by atoms with Crippen LogP contribution in [-0.4, -0.2) is 24.7 Å². The molecule has 4 rings (SSSR count). The molecule has 120 valence electrons. The summed E-state index contributed by atoms with van der Waals surface area (Å²) in [6, 6.07) is 6.66. The van der Waals surface area contributed by atoms with Gasteiger partial charge in [-0.15, -0.1) is 10.2 Å². The molecule has 0 amide bonds. The molecular formula is C16H12FN5OS. The maximum Gasteiger partial charge on any atom is 0.197 e. The summed E-state index contributed by atoms with van der Waals surface area (Å²) in [4.78, 5) is 8.27. The molecule has 4 aromatic rings. The maximum absolute atomic E-state index is 13.9. The number of hydrogen-bond donors (Lipinski definition) is 0. The Morgan fingerprint density at radius 1 is 1.17 bits per heavy atom. The SMILES string of the molecule is Cc1occc1-c1nnc(Sc2ncnc3c(F)cccc23)n1C. The van der Waals surface area contributed by atoms with Gasteiger partial charge in [-0.3, -0.25) is 0 Å². The van der Waals surface area contributed by atoms with Crippen LogP contribution in [0, 0.1) is 12.7 Å². The lowest BCUT2D eigenvalue weighted by Crippen LogP contribution is -1.96. The smallest absolute Gasteiger partial charge is 0.197 e. The summed E-state index contributed by atoms with van der Waals surface area (Å²) in [5.74, 6) is 1.11. The van der Waals surface area contributed by atoms with Gasteiger partial charge in [0.1, 0.15) is 28.4 Å². The molecule has 0 unspecified atom stereocenters. The van der Waals surface area contributed by atoms with Crippen LogP contribution >= 0.6 is 11.8 Å². The average Bonchev–Trinajstić information content (AvgIpc) is 3.15. The van der Waals surface area contributed by atoms with Crippen molar-refractivity contribution in [3.8, 4) is 11.4 Å². The first-order valence-corrected chi connectivity index (χ1v) is 7.97. The lowest BCUT2D eigenvalue weighted by Gasteiger charge is -2.05. The number of nitrogens with zero attached hydrogens (tertiary/aromatic N) is 5. The topological polar surface area (TPSA) is 69.6 Å². The largest absolute Gasteiger partial charge is 0.469 e. The van der Waals surface area contributed by atoms with Crippen molar-refractivity contribution in [2.24, 2.45) is 7.05 Å². The number of halogens is 1. The quantitative estimate of drug-likeness (QED) is 0.530. The van der Waals surface area contributed by atoms with Crippen LogP contribution in [0.5, 0.6) is 0 Å². The van der Waals surface area contributed by atoms with Gasteiger partial charge in [-0.2, -0.15) is 0 Å². The number of rotatable bonds is 3. The van der Waals surface area contributed by atoms with Crippen molar-refractivity contribution < 1.29 is 8.81 Å². The van der Waals surface area contributed by atoms with Gasteiger partial charge in [0.05, 0.1) is 11.8 Å². The number of aryl methyl sites for hydroxylation is 1. The number of benzene rings is 1. The summed E-state index contributed by atoms with van der Waals surface area (Å²) in [5.41, 5.74) is 1.18. The zero-order valence-electron chi connectivity index (χ0n) is 12.9. The molecule has 0 radical (unpaired) electrons. The number of para-hydroxylation sites is 1. The molecule has 0 aliphatic heterocycles. The number of hydrogen-bond acceptors (Lipinski definition) is 6. The predicted molar refractivity (Wildman–Crippen MR) is 87.1 cm³/mol. The van der Waals surface area contributed by atoms with Crippen molar-refractivity contribution in [1.29, 1.82) is 0 Å². The van der Waals surface area contributed by atoms with E-state index in [4.69, 9.17) is 4.42 Å². The van der Waals surface area contributed by atoms with Crippen molar-refractivity contribution in [1.82, 2.24) is 24.7 Å². The molecule has 0 saturated heterocycles. The molecule has 0 N–H and O–H groups in total. The minimum atomic E-state index is -0.371. The third-order valence-corrected chi connectivity index (χ3v) is 4.76. The van der Waals surface area contributed by atoms with Gasteiger partial charge >= 0.3 is 0 Å². The molecule has 3 heterocycles. The van der Waals surface area contributed by atoms with Crippen molar-refractivity contribution in [2.75, 3.05) is 0 Å². The van der Waals surface area contributed by atoms with E-state index in [-0.39, 0.29) is 5.82 Å². The van der Waals surface area contributed by atoms with E-state index >= 15 is 0 Å². The van der Waals surface area contributed by atoms with Crippen molar-refractivity contribution >= 4 is 22.7 Å². The van der Waals surface area contributed by atoms with Crippen LogP contribution in [-0.2, 0) is 7.05 Å². The molecule has 1 aromatic carbocycles. The summed E-state index contributed by atoms with van der Waals surface area (Å²) in [7, 11) is 1.87. The highest BCUT2D eigenvalue weighted by atomic mass is 32.2. The standard InChI is InChI=1S/C16H12FN5OS/c1-9-10(6-7-23-9)14-20-21-16(22(14)2)24-15-11-4-3-5-12(17)13(11)18-8-19-15/h3-8H,1-2H3. The van der Waals surface area contributed by atoms with Gasteiger partial charge in [-0.25, -0.2) is 14.4 Å². The normalized spacial score (nSPS) is 11.3. The Kier molecular flexibility index (Phi) is 3.53. The molecular weight excluding hydrogens is 329 g/mol. The molecule has 0 fully saturated rings. The van der Waals surface area contributed by atoms with E-state index < -0.39 is 0 Å². The molecule has 6 nitrogen and oxygen atoms in total. The van der Waals surface area contributed by atoms with Crippen LogP contribution in [0.25, 0.3) is 22.3 Å². The van der Waals surface area contributed by atoms with Gasteiger partial charge in [0.2, 0.25) is 0 Å². The Morgan fingerprint density at radius 2 is 2.04 bits per heavy atom. The summed E-state index contributed by atoms with van der Waals surface area (Å²) in [6.45, 7) is 1.87. The Bertz CT molecular complexity index is 1040. The van der Waals surface area contributed by atoms with E-state index in [9.17, 15) is 4.39 Å². The van der Waals surface area contributed by atoms with Crippen LogP contribution in [0.15, 0.2) is 51.5 Å². The molecule has 0 spiro atoms. The third kappa shape index (κ3) is 2.35. The monoisotopic (exact) mass is 341 g/mol. The first-order valence-electron chi connectivity index (χ1n) is 7.16. The van der Waals surface area contributed by atoms with E-state index in [1.54, 1.807) is 18.4 Å². The summed E-state index contributed by atoms with van der Waals surface area (Å²) < 4.78 is 21.1. The number of aromatic nitrogens is 5. The van der Waals surface area contributed by atoms with Crippen LogP contribution in [0.4, 0.5) is 4.39 Å². The highest BCUT2D eigenvalue weighted by molar-refractivity contribution is 7.99. The fraction of sp³-hybridized carbons (Fsp3) is 0.125. The van der Waals surface area contributed by atoms with Crippen LogP contribution in [0.2, 0.25) is 0 Å². The van der Waals surface area contributed by atoms with Crippen molar-refractivity contribution in [3.63, 3.8) is 0 Å². The predicted octanol–water partition coefficient (Wildman–Crippen LogP) is 3.62. The lowest BCUT2D eigenvalue weighted by molar-refractivity contribution is 0.534. The number of furan rings is 1. The Morgan fingerprint density at radius 3 is 2.83 bits per heavy atom. The molecule has 0 aliphatic carbocycles. The van der Waals surface area contributed by atoms with Gasteiger partial charge in [0.15, 0.2) is 11.0 Å². The highest BCUT2D eigenvalue weighted by Gasteiger charge is 2.17. The second kappa shape index (κ2) is 5.72. The van der Waals surface area contributed by atoms with Crippen LogP contribution in [0.3, 0.4) is 0 Å². The van der Waals surface area contributed by atoms with Gasteiger partial charge in [0.25, 0.3) is 0 Å². The molecule has 3 aromatic heterocycles. The van der Waals surface area contributed by atoms with Gasteiger partial charge in [-0.05, 0) is 36.9 Å². The molecule has 24 heavy (non-hydrogen) atoms. The second-order valence-corrected chi connectivity index (χ2v) is 6.13. The van der Waals surface area contributed by atoms with Crippen molar-refractivity contribution in [3.05, 3.63) is 48.4 Å².